The molecule has 0 saturated carbocycles. The number of hydrogen-bond donors (Lipinski definition) is 2. The molecule has 0 spiro atoms. The SMILES string of the molecule is O=C(O)c1ccc(CNC2CC3CCC(C2)N3Cc2ccccc2)cc1. The first-order chi connectivity index (χ1) is 12.7. The second-order valence-corrected chi connectivity index (χ2v) is 7.59. The van der Waals surface area contributed by atoms with Gasteiger partial charge in [-0.05, 0) is 48.9 Å². The van der Waals surface area contributed by atoms with Crippen LogP contribution in [0.15, 0.2) is 54.6 Å². The van der Waals surface area contributed by atoms with Crippen LogP contribution in [-0.2, 0) is 13.1 Å². The molecule has 2 atom stereocenters. The van der Waals surface area contributed by atoms with E-state index in [4.69, 9.17) is 5.11 Å². The fourth-order valence-corrected chi connectivity index (χ4v) is 4.52. The van der Waals surface area contributed by atoms with Crippen molar-refractivity contribution in [2.75, 3.05) is 0 Å². The first kappa shape index (κ1) is 17.3. The third-order valence-corrected chi connectivity index (χ3v) is 5.89. The number of piperidine rings is 1. The molecule has 2 N–H and O–H groups in total. The lowest BCUT2D eigenvalue weighted by Gasteiger charge is -2.39. The van der Waals surface area contributed by atoms with Crippen LogP contribution in [0, 0.1) is 0 Å². The molecule has 2 saturated heterocycles. The van der Waals surface area contributed by atoms with Crippen molar-refractivity contribution in [2.24, 2.45) is 0 Å². The van der Waals surface area contributed by atoms with Crippen molar-refractivity contribution in [2.45, 2.75) is 56.9 Å². The molecule has 136 valence electrons. The summed E-state index contributed by atoms with van der Waals surface area (Å²) >= 11 is 0. The van der Waals surface area contributed by atoms with Gasteiger partial charge in [0, 0.05) is 31.2 Å². The normalized spacial score (nSPS) is 25.3. The van der Waals surface area contributed by atoms with Gasteiger partial charge in [-0.1, -0.05) is 42.5 Å². The van der Waals surface area contributed by atoms with Gasteiger partial charge in [-0.15, -0.1) is 0 Å². The van der Waals surface area contributed by atoms with E-state index in [1.54, 1.807) is 12.1 Å². The van der Waals surface area contributed by atoms with E-state index >= 15 is 0 Å². The van der Waals surface area contributed by atoms with E-state index in [0.717, 1.165) is 18.7 Å². The van der Waals surface area contributed by atoms with Crippen molar-refractivity contribution in [3.8, 4) is 0 Å². The number of carboxylic acid groups (broad SMARTS) is 1. The molecule has 4 heteroatoms. The molecule has 0 amide bonds. The lowest BCUT2D eigenvalue weighted by Crippen LogP contribution is -2.48. The highest BCUT2D eigenvalue weighted by Crippen LogP contribution is 2.36. The topological polar surface area (TPSA) is 52.6 Å². The Balaban J connectivity index is 1.32. The Kier molecular flexibility index (Phi) is 5.05. The van der Waals surface area contributed by atoms with Crippen molar-refractivity contribution < 1.29 is 9.90 Å². The quantitative estimate of drug-likeness (QED) is 0.835. The van der Waals surface area contributed by atoms with Crippen LogP contribution in [0.2, 0.25) is 0 Å². The zero-order valence-corrected chi connectivity index (χ0v) is 15.0. The lowest BCUT2D eigenvalue weighted by molar-refractivity contribution is 0.0697. The predicted molar refractivity (Wildman–Crippen MR) is 102 cm³/mol. The van der Waals surface area contributed by atoms with Crippen molar-refractivity contribution in [3.05, 3.63) is 71.3 Å². The highest BCUT2D eigenvalue weighted by Gasteiger charge is 2.40. The van der Waals surface area contributed by atoms with Crippen LogP contribution >= 0.6 is 0 Å². The summed E-state index contributed by atoms with van der Waals surface area (Å²) in [5.74, 6) is -0.869. The van der Waals surface area contributed by atoms with Gasteiger partial charge in [0.2, 0.25) is 0 Å². The standard InChI is InChI=1S/C22H26N2O2/c25-22(26)18-8-6-16(7-9-18)14-23-19-12-20-10-11-21(13-19)24(20)15-17-4-2-1-3-5-17/h1-9,19-21,23H,10-15H2,(H,25,26). The molecular weight excluding hydrogens is 324 g/mol. The summed E-state index contributed by atoms with van der Waals surface area (Å²) in [5.41, 5.74) is 2.91. The molecule has 0 radical (unpaired) electrons. The zero-order chi connectivity index (χ0) is 17.9. The van der Waals surface area contributed by atoms with E-state index in [-0.39, 0.29) is 0 Å². The van der Waals surface area contributed by atoms with Gasteiger partial charge >= 0.3 is 5.97 Å². The number of hydrogen-bond acceptors (Lipinski definition) is 3. The molecule has 2 aromatic rings. The summed E-state index contributed by atoms with van der Waals surface area (Å²) < 4.78 is 0. The minimum absolute atomic E-state index is 0.348. The van der Waals surface area contributed by atoms with Gasteiger partial charge in [-0.3, -0.25) is 4.90 Å². The summed E-state index contributed by atoms with van der Waals surface area (Å²) in [6.07, 6.45) is 5.03. The average Bonchev–Trinajstić information content (AvgIpc) is 2.89. The zero-order valence-electron chi connectivity index (χ0n) is 15.0. The van der Waals surface area contributed by atoms with E-state index < -0.39 is 5.97 Å². The van der Waals surface area contributed by atoms with Crippen molar-refractivity contribution in [3.63, 3.8) is 0 Å². The predicted octanol–water partition coefficient (Wildman–Crippen LogP) is 3.67. The second-order valence-electron chi connectivity index (χ2n) is 7.59. The highest BCUT2D eigenvalue weighted by atomic mass is 16.4. The maximum absolute atomic E-state index is 10.9. The summed E-state index contributed by atoms with van der Waals surface area (Å²) in [6, 6.07) is 19.9. The maximum atomic E-state index is 10.9. The number of carbonyl (C=O) groups is 1. The number of benzene rings is 2. The number of nitrogens with one attached hydrogen (secondary N) is 1. The molecule has 2 aromatic carbocycles. The minimum atomic E-state index is -0.869. The van der Waals surface area contributed by atoms with Gasteiger partial charge in [-0.25, -0.2) is 4.79 Å². The Morgan fingerprint density at radius 3 is 2.23 bits per heavy atom. The molecule has 2 aliphatic heterocycles. The number of aromatic carboxylic acids is 1. The third kappa shape index (κ3) is 3.81. The van der Waals surface area contributed by atoms with Crippen molar-refractivity contribution in [1.29, 1.82) is 0 Å². The van der Waals surface area contributed by atoms with Crippen LogP contribution < -0.4 is 5.32 Å². The number of nitrogens with zero attached hydrogens (tertiary/aromatic N) is 1. The largest absolute Gasteiger partial charge is 0.478 e. The Morgan fingerprint density at radius 2 is 1.62 bits per heavy atom. The number of carboxylic acids is 1. The van der Waals surface area contributed by atoms with E-state index in [1.807, 2.05) is 12.1 Å². The summed E-state index contributed by atoms with van der Waals surface area (Å²) in [7, 11) is 0. The van der Waals surface area contributed by atoms with Crippen molar-refractivity contribution in [1.82, 2.24) is 10.2 Å². The van der Waals surface area contributed by atoms with Crippen LogP contribution in [0.25, 0.3) is 0 Å². The molecule has 2 bridgehead atoms. The van der Waals surface area contributed by atoms with Gasteiger partial charge in [0.15, 0.2) is 0 Å². The van der Waals surface area contributed by atoms with Crippen LogP contribution in [0.5, 0.6) is 0 Å². The Hall–Kier alpha value is -2.17. The summed E-state index contributed by atoms with van der Waals surface area (Å²) in [4.78, 5) is 13.6. The average molecular weight is 350 g/mol. The maximum Gasteiger partial charge on any atom is 0.335 e. The fourth-order valence-electron chi connectivity index (χ4n) is 4.52. The fraction of sp³-hybridized carbons (Fsp3) is 0.409. The molecule has 2 fully saturated rings. The minimum Gasteiger partial charge on any atom is -0.478 e. The van der Waals surface area contributed by atoms with Gasteiger partial charge in [0.1, 0.15) is 0 Å². The van der Waals surface area contributed by atoms with E-state index in [0.29, 0.717) is 23.7 Å². The third-order valence-electron chi connectivity index (χ3n) is 5.89. The van der Waals surface area contributed by atoms with Crippen molar-refractivity contribution >= 4 is 5.97 Å². The van der Waals surface area contributed by atoms with Crippen LogP contribution in [0.4, 0.5) is 0 Å². The van der Waals surface area contributed by atoms with E-state index in [2.05, 4.69) is 40.5 Å². The molecule has 0 aliphatic carbocycles. The molecule has 4 rings (SSSR count). The first-order valence-corrected chi connectivity index (χ1v) is 9.54. The smallest absolute Gasteiger partial charge is 0.335 e. The molecule has 2 heterocycles. The molecule has 2 unspecified atom stereocenters. The van der Waals surface area contributed by atoms with Crippen LogP contribution in [0.1, 0.15) is 47.2 Å². The molecular formula is C22H26N2O2. The molecule has 2 aliphatic rings. The molecule has 0 aromatic heterocycles. The Morgan fingerprint density at radius 1 is 0.962 bits per heavy atom. The van der Waals surface area contributed by atoms with Gasteiger partial charge < -0.3 is 10.4 Å². The monoisotopic (exact) mass is 350 g/mol. The second kappa shape index (κ2) is 7.60. The lowest BCUT2D eigenvalue weighted by atomic mass is 9.96. The Bertz CT molecular complexity index is 730. The summed E-state index contributed by atoms with van der Waals surface area (Å²) in [5, 5.41) is 12.7. The first-order valence-electron chi connectivity index (χ1n) is 9.54. The van der Waals surface area contributed by atoms with Gasteiger partial charge in [0.25, 0.3) is 0 Å². The summed E-state index contributed by atoms with van der Waals surface area (Å²) in [6.45, 7) is 1.88. The number of fused-ring (bicyclic) bond motifs is 2. The van der Waals surface area contributed by atoms with E-state index in [9.17, 15) is 4.79 Å². The number of rotatable bonds is 6. The van der Waals surface area contributed by atoms with Crippen LogP contribution in [-0.4, -0.2) is 34.1 Å². The highest BCUT2D eigenvalue weighted by molar-refractivity contribution is 5.87. The Labute approximate surface area is 154 Å². The van der Waals surface area contributed by atoms with E-state index in [1.165, 1.54) is 31.2 Å². The molecule has 4 nitrogen and oxygen atoms in total. The van der Waals surface area contributed by atoms with Gasteiger partial charge in [-0.2, -0.15) is 0 Å². The van der Waals surface area contributed by atoms with Crippen LogP contribution in [0.3, 0.4) is 0 Å². The van der Waals surface area contributed by atoms with Gasteiger partial charge in [0.05, 0.1) is 5.56 Å². The molecule has 26 heavy (non-hydrogen) atoms.